The van der Waals surface area contributed by atoms with Crippen molar-refractivity contribution in [2.24, 2.45) is 0 Å². The molecule has 0 aliphatic rings. The van der Waals surface area contributed by atoms with E-state index >= 15 is 0 Å². The molecule has 0 fully saturated rings. The van der Waals surface area contributed by atoms with E-state index in [0.29, 0.717) is 12.7 Å². The van der Waals surface area contributed by atoms with Gasteiger partial charge in [0.15, 0.2) is 6.29 Å². The molecule has 0 aromatic heterocycles. The lowest BCUT2D eigenvalue weighted by Gasteiger charge is -2.05. The van der Waals surface area contributed by atoms with Crippen LogP contribution in [0.25, 0.3) is 0 Å². The molecule has 0 heterocycles. The van der Waals surface area contributed by atoms with E-state index in [2.05, 4.69) is 6.92 Å². The molecule has 0 unspecified atom stereocenters. The second-order valence-electron chi connectivity index (χ2n) is 5.30. The predicted molar refractivity (Wildman–Crippen MR) is 81.8 cm³/mol. The van der Waals surface area contributed by atoms with Crippen molar-refractivity contribution in [3.63, 3.8) is 0 Å². The smallest absolute Gasteiger partial charge is 0.311 e. The Balaban J connectivity index is 2.53. The highest BCUT2D eigenvalue weighted by Gasteiger charge is 2.18. The maximum absolute atomic E-state index is 10.8. The molecular formula is C16H23NO4. The number of phenols is 1. The number of hydrogen-bond donors (Lipinski definition) is 1. The third-order valence-corrected chi connectivity index (χ3v) is 3.57. The van der Waals surface area contributed by atoms with E-state index in [1.165, 1.54) is 44.2 Å². The number of carbonyl (C=O) groups is 1. The van der Waals surface area contributed by atoms with E-state index in [-0.39, 0.29) is 5.56 Å². The summed E-state index contributed by atoms with van der Waals surface area (Å²) in [6.07, 6.45) is 9.31. The van der Waals surface area contributed by atoms with Crippen LogP contribution >= 0.6 is 0 Å². The van der Waals surface area contributed by atoms with Crippen molar-refractivity contribution >= 4 is 12.0 Å². The Morgan fingerprint density at radius 1 is 1.14 bits per heavy atom. The summed E-state index contributed by atoms with van der Waals surface area (Å²) in [6.45, 7) is 2.18. The number of hydrogen-bond acceptors (Lipinski definition) is 4. The van der Waals surface area contributed by atoms with Crippen LogP contribution in [0.5, 0.6) is 5.75 Å². The first-order chi connectivity index (χ1) is 10.1. The average Bonchev–Trinajstić information content (AvgIpc) is 2.47. The lowest BCUT2D eigenvalue weighted by molar-refractivity contribution is -0.385. The number of nitrogens with zero attached hydrogens (tertiary/aromatic N) is 1. The van der Waals surface area contributed by atoms with Gasteiger partial charge in [0.25, 0.3) is 0 Å². The van der Waals surface area contributed by atoms with Crippen LogP contribution in [-0.2, 0) is 6.42 Å². The van der Waals surface area contributed by atoms with Crippen LogP contribution in [-0.4, -0.2) is 16.3 Å². The molecule has 116 valence electrons. The molecule has 0 saturated carbocycles. The number of aldehydes is 1. The lowest BCUT2D eigenvalue weighted by atomic mass is 10.0. The number of carbonyl (C=O) groups excluding carboxylic acids is 1. The second kappa shape index (κ2) is 9.10. The summed E-state index contributed by atoms with van der Waals surface area (Å²) in [5.41, 5.74) is 0.329. The molecule has 0 atom stereocenters. The molecule has 21 heavy (non-hydrogen) atoms. The molecular weight excluding hydrogens is 270 g/mol. The van der Waals surface area contributed by atoms with Gasteiger partial charge in [0.1, 0.15) is 0 Å². The number of benzene rings is 1. The van der Waals surface area contributed by atoms with E-state index in [1.54, 1.807) is 0 Å². The Kier molecular flexibility index (Phi) is 7.43. The number of nitro groups is 1. The van der Waals surface area contributed by atoms with Crippen molar-refractivity contribution in [2.75, 3.05) is 0 Å². The van der Waals surface area contributed by atoms with Gasteiger partial charge in [-0.05, 0) is 24.5 Å². The van der Waals surface area contributed by atoms with Crippen molar-refractivity contribution in [1.82, 2.24) is 0 Å². The van der Waals surface area contributed by atoms with Crippen LogP contribution in [0.1, 0.15) is 67.8 Å². The minimum atomic E-state index is -0.656. The summed E-state index contributed by atoms with van der Waals surface area (Å²) in [7, 11) is 0. The standard InChI is InChI=1S/C16H23NO4/c1-2-3-4-5-6-7-8-9-13-10-14(12-18)16(19)15(11-13)17(20)21/h10-12,19H,2-9H2,1H3. The Morgan fingerprint density at radius 2 is 1.76 bits per heavy atom. The SMILES string of the molecule is CCCCCCCCCc1cc(C=O)c(O)c([N+](=O)[O-])c1. The highest BCUT2D eigenvalue weighted by molar-refractivity contribution is 5.82. The second-order valence-corrected chi connectivity index (χ2v) is 5.30. The van der Waals surface area contributed by atoms with E-state index in [4.69, 9.17) is 0 Å². The van der Waals surface area contributed by atoms with Crippen LogP contribution < -0.4 is 0 Å². The predicted octanol–water partition coefficient (Wildman–Crippen LogP) is 4.41. The fourth-order valence-electron chi connectivity index (χ4n) is 2.36. The highest BCUT2D eigenvalue weighted by atomic mass is 16.6. The minimum absolute atomic E-state index is 0.0119. The number of aryl methyl sites for hydroxylation is 1. The summed E-state index contributed by atoms with van der Waals surface area (Å²) in [5.74, 6) is -0.543. The molecule has 0 aliphatic heterocycles. The highest BCUT2D eigenvalue weighted by Crippen LogP contribution is 2.30. The van der Waals surface area contributed by atoms with Gasteiger partial charge in [-0.1, -0.05) is 45.4 Å². The van der Waals surface area contributed by atoms with E-state index in [0.717, 1.165) is 18.4 Å². The first-order valence-corrected chi connectivity index (χ1v) is 7.55. The maximum atomic E-state index is 10.8. The zero-order chi connectivity index (χ0) is 15.7. The van der Waals surface area contributed by atoms with Crippen LogP contribution in [0.4, 0.5) is 5.69 Å². The normalized spacial score (nSPS) is 10.5. The Labute approximate surface area is 125 Å². The Hall–Kier alpha value is -1.91. The van der Waals surface area contributed by atoms with E-state index < -0.39 is 16.4 Å². The van der Waals surface area contributed by atoms with Gasteiger partial charge in [-0.3, -0.25) is 14.9 Å². The van der Waals surface area contributed by atoms with Gasteiger partial charge in [0.2, 0.25) is 5.75 Å². The molecule has 0 spiro atoms. The molecule has 0 saturated heterocycles. The van der Waals surface area contributed by atoms with Gasteiger partial charge >= 0.3 is 5.69 Å². The molecule has 0 aliphatic carbocycles. The van der Waals surface area contributed by atoms with Gasteiger partial charge < -0.3 is 5.11 Å². The van der Waals surface area contributed by atoms with Crippen molar-refractivity contribution in [3.05, 3.63) is 33.4 Å². The van der Waals surface area contributed by atoms with Crippen LogP contribution in [0.15, 0.2) is 12.1 Å². The van der Waals surface area contributed by atoms with E-state index in [1.807, 2.05) is 0 Å². The van der Waals surface area contributed by atoms with E-state index in [9.17, 15) is 20.0 Å². The van der Waals surface area contributed by atoms with Crippen LogP contribution in [0.3, 0.4) is 0 Å². The van der Waals surface area contributed by atoms with Gasteiger partial charge in [-0.2, -0.15) is 0 Å². The topological polar surface area (TPSA) is 80.4 Å². The fraction of sp³-hybridized carbons (Fsp3) is 0.562. The van der Waals surface area contributed by atoms with Gasteiger partial charge in [-0.15, -0.1) is 0 Å². The fourth-order valence-corrected chi connectivity index (χ4v) is 2.36. The molecule has 1 N–H and O–H groups in total. The molecule has 0 bridgehead atoms. The van der Waals surface area contributed by atoms with Gasteiger partial charge in [0, 0.05) is 6.07 Å². The van der Waals surface area contributed by atoms with Crippen LogP contribution in [0, 0.1) is 10.1 Å². The van der Waals surface area contributed by atoms with Crippen molar-refractivity contribution in [1.29, 1.82) is 0 Å². The zero-order valence-electron chi connectivity index (χ0n) is 12.5. The summed E-state index contributed by atoms with van der Waals surface area (Å²) in [5, 5.41) is 20.5. The third kappa shape index (κ3) is 5.53. The van der Waals surface area contributed by atoms with Gasteiger partial charge in [0.05, 0.1) is 10.5 Å². The molecule has 5 heteroatoms. The Morgan fingerprint density at radius 3 is 2.33 bits per heavy atom. The average molecular weight is 293 g/mol. The number of aromatic hydroxyl groups is 1. The summed E-state index contributed by atoms with van der Waals surface area (Å²) >= 11 is 0. The summed E-state index contributed by atoms with van der Waals surface area (Å²) in [4.78, 5) is 21.0. The molecule has 1 rings (SSSR count). The number of unbranched alkanes of at least 4 members (excludes halogenated alkanes) is 6. The number of rotatable bonds is 10. The minimum Gasteiger partial charge on any atom is -0.502 e. The Bertz CT molecular complexity index is 485. The first kappa shape index (κ1) is 17.1. The molecule has 0 amide bonds. The zero-order valence-corrected chi connectivity index (χ0v) is 12.5. The van der Waals surface area contributed by atoms with Gasteiger partial charge in [-0.25, -0.2) is 0 Å². The maximum Gasteiger partial charge on any atom is 0.311 e. The molecule has 5 nitrogen and oxygen atoms in total. The molecule has 0 radical (unpaired) electrons. The first-order valence-electron chi connectivity index (χ1n) is 7.55. The monoisotopic (exact) mass is 293 g/mol. The largest absolute Gasteiger partial charge is 0.502 e. The number of phenolic OH excluding ortho intramolecular Hbond substituents is 1. The molecule has 1 aromatic carbocycles. The lowest BCUT2D eigenvalue weighted by Crippen LogP contribution is -1.96. The van der Waals surface area contributed by atoms with Crippen LogP contribution in [0.2, 0.25) is 0 Å². The van der Waals surface area contributed by atoms with Crippen molar-refractivity contribution < 1.29 is 14.8 Å². The third-order valence-electron chi connectivity index (χ3n) is 3.57. The van der Waals surface area contributed by atoms with Crippen molar-refractivity contribution in [2.45, 2.75) is 58.3 Å². The van der Waals surface area contributed by atoms with Crippen molar-refractivity contribution in [3.8, 4) is 5.75 Å². The summed E-state index contributed by atoms with van der Waals surface area (Å²) < 4.78 is 0. The number of nitro benzene ring substituents is 1. The molecule has 1 aromatic rings. The quantitative estimate of drug-likeness (QED) is 0.300. The summed E-state index contributed by atoms with van der Waals surface area (Å²) in [6, 6.07) is 2.89.